The van der Waals surface area contributed by atoms with Crippen molar-refractivity contribution in [3.63, 3.8) is 0 Å². The molecule has 0 aromatic heterocycles. The average molecular weight is 471 g/mol. The zero-order chi connectivity index (χ0) is 21.8. The Morgan fingerprint density at radius 3 is 2.35 bits per heavy atom. The fourth-order valence-electron chi connectivity index (χ4n) is 2.70. The molecule has 1 heterocycles. The van der Waals surface area contributed by atoms with Crippen molar-refractivity contribution in [3.8, 4) is 5.75 Å². The highest BCUT2D eigenvalue weighted by Gasteiger charge is 2.25. The number of aliphatic imine (C=N–C) groups is 1. The van der Waals surface area contributed by atoms with Gasteiger partial charge >= 0.3 is 10.1 Å². The van der Waals surface area contributed by atoms with E-state index in [1.807, 2.05) is 30.3 Å². The number of nitrogens with one attached hydrogen (secondary N) is 1. The smallest absolute Gasteiger partial charge is 0.339 e. The standard InChI is InChI=1S/C22H15ClN2O4S2/c23-16-11-12-19(29-31(27,28)18-9-5-2-6-10-18)15(13-16)14-20-21(26)25-22(30-20)24-17-7-3-1-4-8-17/h1-14H,(H,24,25,26)/b20-14-. The number of carbonyl (C=O) groups excluding carboxylic acids is 1. The third-order valence-electron chi connectivity index (χ3n) is 4.13. The number of halogens is 1. The molecule has 9 heteroatoms. The van der Waals surface area contributed by atoms with Crippen LogP contribution in [0, 0.1) is 0 Å². The van der Waals surface area contributed by atoms with E-state index in [4.69, 9.17) is 15.8 Å². The Morgan fingerprint density at radius 2 is 1.65 bits per heavy atom. The summed E-state index contributed by atoms with van der Waals surface area (Å²) in [6.07, 6.45) is 1.52. The molecule has 3 aromatic carbocycles. The van der Waals surface area contributed by atoms with Crippen LogP contribution in [-0.2, 0) is 14.9 Å². The van der Waals surface area contributed by atoms with Crippen LogP contribution in [0.3, 0.4) is 0 Å². The number of amidine groups is 1. The summed E-state index contributed by atoms with van der Waals surface area (Å²) in [7, 11) is -4.05. The summed E-state index contributed by atoms with van der Waals surface area (Å²) in [5.41, 5.74) is 1.05. The number of amides is 1. The molecule has 3 aromatic rings. The number of benzene rings is 3. The van der Waals surface area contributed by atoms with Crippen molar-refractivity contribution in [1.29, 1.82) is 0 Å². The van der Waals surface area contributed by atoms with Crippen molar-refractivity contribution in [2.24, 2.45) is 4.99 Å². The van der Waals surface area contributed by atoms with Crippen LogP contribution in [0.5, 0.6) is 5.75 Å². The molecule has 31 heavy (non-hydrogen) atoms. The summed E-state index contributed by atoms with van der Waals surface area (Å²) in [6, 6.07) is 21.5. The fraction of sp³-hybridized carbons (Fsp3) is 0. The highest BCUT2D eigenvalue weighted by Crippen LogP contribution is 2.33. The van der Waals surface area contributed by atoms with Gasteiger partial charge in [-0.2, -0.15) is 8.42 Å². The average Bonchev–Trinajstić information content (AvgIpc) is 3.10. The number of thioether (sulfide) groups is 1. The highest BCUT2D eigenvalue weighted by atomic mass is 35.5. The van der Waals surface area contributed by atoms with Crippen molar-refractivity contribution in [3.05, 3.63) is 94.4 Å². The van der Waals surface area contributed by atoms with Crippen LogP contribution in [0.1, 0.15) is 5.56 Å². The summed E-state index contributed by atoms with van der Waals surface area (Å²) in [5.74, 6) is -0.292. The lowest BCUT2D eigenvalue weighted by Gasteiger charge is -2.10. The Balaban J connectivity index is 1.64. The van der Waals surface area contributed by atoms with Crippen molar-refractivity contribution in [1.82, 2.24) is 5.32 Å². The second kappa shape index (κ2) is 8.97. The molecule has 0 atom stereocenters. The maximum absolute atomic E-state index is 12.6. The normalized spacial score (nSPS) is 16.5. The molecule has 1 saturated heterocycles. The Bertz CT molecular complexity index is 1290. The van der Waals surface area contributed by atoms with Gasteiger partial charge in [-0.25, -0.2) is 4.99 Å². The lowest BCUT2D eigenvalue weighted by atomic mass is 10.2. The molecule has 1 amide bonds. The van der Waals surface area contributed by atoms with E-state index < -0.39 is 10.1 Å². The van der Waals surface area contributed by atoms with Gasteiger partial charge in [0.2, 0.25) is 0 Å². The molecule has 1 aliphatic heterocycles. The third kappa shape index (κ3) is 5.16. The second-order valence-corrected chi connectivity index (χ2v) is 9.36. The molecule has 1 N–H and O–H groups in total. The zero-order valence-corrected chi connectivity index (χ0v) is 18.2. The quantitative estimate of drug-likeness (QED) is 0.419. The number of nitrogens with zero attached hydrogens (tertiary/aromatic N) is 1. The molecule has 0 unspecified atom stereocenters. The number of rotatable bonds is 5. The van der Waals surface area contributed by atoms with Crippen LogP contribution >= 0.6 is 23.4 Å². The predicted molar refractivity (Wildman–Crippen MR) is 123 cm³/mol. The van der Waals surface area contributed by atoms with Gasteiger partial charge in [-0.05, 0) is 60.3 Å². The first-order chi connectivity index (χ1) is 14.9. The van der Waals surface area contributed by atoms with E-state index in [-0.39, 0.29) is 16.6 Å². The molecule has 0 radical (unpaired) electrons. The maximum Gasteiger partial charge on any atom is 0.339 e. The van der Waals surface area contributed by atoms with Crippen molar-refractivity contribution >= 4 is 56.3 Å². The second-order valence-electron chi connectivity index (χ2n) is 6.35. The lowest BCUT2D eigenvalue weighted by molar-refractivity contribution is -0.115. The Kier molecular flexibility index (Phi) is 6.13. The summed E-state index contributed by atoms with van der Waals surface area (Å²) in [4.78, 5) is 17.2. The molecule has 0 saturated carbocycles. The first kappa shape index (κ1) is 21.2. The molecule has 1 aliphatic rings. The fourth-order valence-corrected chi connectivity index (χ4v) is 4.69. The number of carbonyl (C=O) groups is 1. The van der Waals surface area contributed by atoms with E-state index in [1.54, 1.807) is 18.2 Å². The lowest BCUT2D eigenvalue weighted by Crippen LogP contribution is -2.19. The van der Waals surface area contributed by atoms with Crippen molar-refractivity contribution < 1.29 is 17.4 Å². The van der Waals surface area contributed by atoms with Crippen molar-refractivity contribution in [2.75, 3.05) is 0 Å². The van der Waals surface area contributed by atoms with Gasteiger partial charge in [0.15, 0.2) is 5.17 Å². The van der Waals surface area contributed by atoms with Gasteiger partial charge in [0.1, 0.15) is 10.6 Å². The van der Waals surface area contributed by atoms with Gasteiger partial charge in [0.25, 0.3) is 5.91 Å². The minimum absolute atomic E-state index is 0.0221. The Labute approximate surface area is 188 Å². The first-order valence-electron chi connectivity index (χ1n) is 9.04. The monoisotopic (exact) mass is 470 g/mol. The summed E-state index contributed by atoms with van der Waals surface area (Å²) in [6.45, 7) is 0. The van der Waals surface area contributed by atoms with Crippen LogP contribution in [0.25, 0.3) is 6.08 Å². The van der Waals surface area contributed by atoms with E-state index in [2.05, 4.69) is 10.3 Å². The van der Waals surface area contributed by atoms with Gasteiger partial charge in [-0.1, -0.05) is 48.0 Å². The highest BCUT2D eigenvalue weighted by molar-refractivity contribution is 8.18. The summed E-state index contributed by atoms with van der Waals surface area (Å²) >= 11 is 7.24. The Morgan fingerprint density at radius 1 is 0.968 bits per heavy atom. The molecular formula is C22H15ClN2O4S2. The maximum atomic E-state index is 12.6. The number of para-hydroxylation sites is 1. The molecular weight excluding hydrogens is 456 g/mol. The van der Waals surface area contributed by atoms with Gasteiger partial charge in [-0.15, -0.1) is 0 Å². The molecule has 156 valence electrons. The van der Waals surface area contributed by atoms with Gasteiger partial charge in [0, 0.05) is 10.6 Å². The molecule has 1 fully saturated rings. The van der Waals surface area contributed by atoms with Gasteiger partial charge in [0.05, 0.1) is 10.6 Å². The zero-order valence-electron chi connectivity index (χ0n) is 15.9. The van der Waals surface area contributed by atoms with E-state index in [1.165, 1.54) is 36.4 Å². The van der Waals surface area contributed by atoms with E-state index in [0.717, 1.165) is 11.8 Å². The van der Waals surface area contributed by atoms with Crippen LogP contribution in [0.2, 0.25) is 5.02 Å². The minimum Gasteiger partial charge on any atom is -0.378 e. The third-order valence-corrected chi connectivity index (χ3v) is 6.52. The summed E-state index contributed by atoms with van der Waals surface area (Å²) in [5, 5.41) is 3.49. The van der Waals surface area contributed by atoms with Gasteiger partial charge in [-0.3, -0.25) is 4.79 Å². The largest absolute Gasteiger partial charge is 0.378 e. The molecule has 0 spiro atoms. The predicted octanol–water partition coefficient (Wildman–Crippen LogP) is 5.00. The van der Waals surface area contributed by atoms with E-state index in [9.17, 15) is 13.2 Å². The van der Waals surface area contributed by atoms with Crippen LogP contribution < -0.4 is 9.50 Å². The first-order valence-corrected chi connectivity index (χ1v) is 11.6. The van der Waals surface area contributed by atoms with Crippen LogP contribution in [0.4, 0.5) is 5.69 Å². The minimum atomic E-state index is -4.05. The van der Waals surface area contributed by atoms with E-state index >= 15 is 0 Å². The van der Waals surface area contributed by atoms with Crippen molar-refractivity contribution in [2.45, 2.75) is 4.90 Å². The molecule has 4 rings (SSSR count). The SMILES string of the molecule is O=C1NC(=Nc2ccccc2)S/C1=C\c1cc(Cl)ccc1OS(=O)(=O)c1ccccc1. The molecule has 0 aliphatic carbocycles. The topological polar surface area (TPSA) is 84.8 Å². The van der Waals surface area contributed by atoms with Gasteiger partial charge < -0.3 is 9.50 Å². The van der Waals surface area contributed by atoms with Crippen LogP contribution in [-0.4, -0.2) is 19.5 Å². The van der Waals surface area contributed by atoms with E-state index in [0.29, 0.717) is 26.3 Å². The number of hydrogen-bond donors (Lipinski definition) is 1. The van der Waals surface area contributed by atoms with Crippen LogP contribution in [0.15, 0.2) is 93.7 Å². The Hall–Kier alpha value is -3.07. The molecule has 6 nitrogen and oxygen atoms in total. The number of hydrogen-bond acceptors (Lipinski definition) is 6. The molecule has 0 bridgehead atoms. The summed E-state index contributed by atoms with van der Waals surface area (Å²) < 4.78 is 30.6.